The number of carbonyl (C=O) groups excluding carboxylic acids is 1. The van der Waals surface area contributed by atoms with E-state index in [1.807, 2.05) is 18.2 Å². The molecule has 37 heavy (non-hydrogen) atoms. The van der Waals surface area contributed by atoms with Gasteiger partial charge in [0.15, 0.2) is 0 Å². The molecule has 2 aliphatic heterocycles. The molecule has 1 aromatic heterocycles. The summed E-state index contributed by atoms with van der Waals surface area (Å²) in [5.74, 6) is -0.360. The largest absolute Gasteiger partial charge is 0.316 e. The number of aromatic nitrogens is 1. The summed E-state index contributed by atoms with van der Waals surface area (Å²) in [6.07, 6.45) is 7.56. The molecule has 3 aliphatic rings. The van der Waals surface area contributed by atoms with Gasteiger partial charge in [0.05, 0.1) is 11.4 Å². The maximum absolute atomic E-state index is 15.0. The van der Waals surface area contributed by atoms with E-state index in [2.05, 4.69) is 27.8 Å². The van der Waals surface area contributed by atoms with Crippen LogP contribution in [0.3, 0.4) is 0 Å². The monoisotopic (exact) mass is 528 g/mol. The first-order chi connectivity index (χ1) is 17.9. The first-order valence-electron chi connectivity index (χ1n) is 13.5. The molecule has 2 saturated heterocycles. The molecule has 2 aromatic rings. The Kier molecular flexibility index (Phi) is 8.04. The zero-order valence-corrected chi connectivity index (χ0v) is 22.1. The summed E-state index contributed by atoms with van der Waals surface area (Å²) in [5.41, 5.74) is 1.99. The third-order valence-electron chi connectivity index (χ3n) is 8.17. The van der Waals surface area contributed by atoms with Crippen LogP contribution in [-0.4, -0.2) is 67.5 Å². The predicted octanol–water partition coefficient (Wildman–Crippen LogP) is 2.74. The van der Waals surface area contributed by atoms with Crippen molar-refractivity contribution in [2.24, 2.45) is 0 Å². The molecule has 1 unspecified atom stereocenters. The third kappa shape index (κ3) is 5.95. The van der Waals surface area contributed by atoms with E-state index in [4.69, 9.17) is 0 Å². The fourth-order valence-electron chi connectivity index (χ4n) is 6.04. The van der Waals surface area contributed by atoms with E-state index in [1.54, 1.807) is 10.5 Å². The lowest BCUT2D eigenvalue weighted by Gasteiger charge is -2.38. The van der Waals surface area contributed by atoms with Crippen molar-refractivity contribution >= 4 is 15.8 Å². The summed E-state index contributed by atoms with van der Waals surface area (Å²) in [4.78, 5) is 17.5. The molecule has 0 amide bonds. The molecule has 1 saturated carbocycles. The van der Waals surface area contributed by atoms with E-state index in [0.717, 1.165) is 44.3 Å². The number of nitrogens with one attached hydrogen (secondary N) is 2. The lowest BCUT2D eigenvalue weighted by atomic mass is 9.71. The van der Waals surface area contributed by atoms with Crippen molar-refractivity contribution in [1.82, 2.24) is 19.9 Å². The minimum Gasteiger partial charge on any atom is -0.316 e. The van der Waals surface area contributed by atoms with E-state index in [1.165, 1.54) is 6.20 Å². The number of halogens is 1. The van der Waals surface area contributed by atoms with Gasteiger partial charge >= 0.3 is 0 Å². The summed E-state index contributed by atoms with van der Waals surface area (Å²) in [6, 6.07) is 9.98. The van der Waals surface area contributed by atoms with Gasteiger partial charge in [-0.05, 0) is 61.8 Å². The quantitative estimate of drug-likeness (QED) is 0.493. The zero-order valence-electron chi connectivity index (χ0n) is 21.3. The summed E-state index contributed by atoms with van der Waals surface area (Å²) in [7, 11) is -3.30. The van der Waals surface area contributed by atoms with Gasteiger partial charge in [-0.15, -0.1) is 0 Å². The van der Waals surface area contributed by atoms with Crippen LogP contribution in [0.2, 0.25) is 0 Å². The van der Waals surface area contributed by atoms with Gasteiger partial charge in [-0.1, -0.05) is 30.3 Å². The SMILES string of the molecule is O=C(Cc1cncc(F)c1CC[C@H]1CNCCN1S(=O)(=O)C1CC1)CC1(c2ccccc2)CCCNC1. The first kappa shape index (κ1) is 26.4. The number of Topliss-reactive ketones (excluding diaryl/α,β-unsaturated/α-hetero) is 1. The van der Waals surface area contributed by atoms with Gasteiger partial charge in [-0.25, -0.2) is 12.8 Å². The highest BCUT2D eigenvalue weighted by Gasteiger charge is 2.43. The zero-order chi connectivity index (χ0) is 25.9. The maximum Gasteiger partial charge on any atom is 0.217 e. The average molecular weight is 529 g/mol. The Balaban J connectivity index is 1.30. The molecule has 3 fully saturated rings. The summed E-state index contributed by atoms with van der Waals surface area (Å²) in [6.45, 7) is 3.33. The Morgan fingerprint density at radius 1 is 1.14 bits per heavy atom. The van der Waals surface area contributed by atoms with Crippen LogP contribution in [0.1, 0.15) is 55.2 Å². The fraction of sp³-hybridized carbons (Fsp3) is 0.571. The topological polar surface area (TPSA) is 91.4 Å². The Bertz CT molecular complexity index is 1200. The number of hydrogen-bond donors (Lipinski definition) is 2. The summed E-state index contributed by atoms with van der Waals surface area (Å²) >= 11 is 0. The number of piperidine rings is 1. The number of sulfonamides is 1. The highest BCUT2D eigenvalue weighted by atomic mass is 32.2. The lowest BCUT2D eigenvalue weighted by Crippen LogP contribution is -2.54. The molecule has 0 bridgehead atoms. The van der Waals surface area contributed by atoms with Crippen molar-refractivity contribution in [3.8, 4) is 0 Å². The number of piperazine rings is 1. The number of pyridine rings is 1. The van der Waals surface area contributed by atoms with E-state index >= 15 is 0 Å². The Hall–Kier alpha value is -2.20. The van der Waals surface area contributed by atoms with Gasteiger partial charge in [0.1, 0.15) is 11.6 Å². The van der Waals surface area contributed by atoms with Crippen molar-refractivity contribution in [3.05, 3.63) is 65.2 Å². The van der Waals surface area contributed by atoms with E-state index in [-0.39, 0.29) is 28.9 Å². The van der Waals surface area contributed by atoms with Gasteiger partial charge < -0.3 is 10.6 Å². The van der Waals surface area contributed by atoms with E-state index in [0.29, 0.717) is 50.0 Å². The summed E-state index contributed by atoms with van der Waals surface area (Å²) in [5, 5.41) is 6.49. The molecule has 2 N–H and O–H groups in total. The fourth-order valence-corrected chi connectivity index (χ4v) is 8.09. The molecule has 200 valence electrons. The van der Waals surface area contributed by atoms with E-state index < -0.39 is 15.8 Å². The molecule has 7 nitrogen and oxygen atoms in total. The van der Waals surface area contributed by atoms with Crippen LogP contribution in [0.25, 0.3) is 0 Å². The van der Waals surface area contributed by atoms with Crippen LogP contribution in [-0.2, 0) is 33.1 Å². The second-order valence-electron chi connectivity index (χ2n) is 10.8. The molecule has 3 heterocycles. The number of benzene rings is 1. The first-order valence-corrected chi connectivity index (χ1v) is 15.0. The normalized spacial score (nSPS) is 25.2. The number of nitrogens with zero attached hydrogens (tertiary/aromatic N) is 2. The summed E-state index contributed by atoms with van der Waals surface area (Å²) < 4.78 is 42.5. The minimum absolute atomic E-state index is 0.0680. The van der Waals surface area contributed by atoms with Crippen LogP contribution >= 0.6 is 0 Å². The number of hydrogen-bond acceptors (Lipinski definition) is 6. The highest BCUT2D eigenvalue weighted by molar-refractivity contribution is 7.90. The smallest absolute Gasteiger partial charge is 0.217 e. The number of carbonyl (C=O) groups is 1. The van der Waals surface area contributed by atoms with Gasteiger partial charge in [-0.3, -0.25) is 9.78 Å². The highest BCUT2D eigenvalue weighted by Crippen LogP contribution is 2.36. The van der Waals surface area contributed by atoms with Crippen LogP contribution in [0.5, 0.6) is 0 Å². The molecular weight excluding hydrogens is 491 g/mol. The molecule has 0 radical (unpaired) electrons. The molecule has 1 aliphatic carbocycles. The van der Waals surface area contributed by atoms with Crippen LogP contribution in [0.15, 0.2) is 42.7 Å². The number of ketones is 1. The molecule has 5 rings (SSSR count). The van der Waals surface area contributed by atoms with Crippen LogP contribution in [0.4, 0.5) is 4.39 Å². The number of rotatable bonds is 10. The van der Waals surface area contributed by atoms with Crippen molar-refractivity contribution in [2.75, 3.05) is 32.7 Å². The molecule has 9 heteroatoms. The lowest BCUT2D eigenvalue weighted by molar-refractivity contribution is -0.119. The molecule has 1 aromatic carbocycles. The average Bonchev–Trinajstić information content (AvgIpc) is 3.76. The van der Waals surface area contributed by atoms with Crippen molar-refractivity contribution in [1.29, 1.82) is 0 Å². The Morgan fingerprint density at radius 3 is 2.68 bits per heavy atom. The van der Waals surface area contributed by atoms with Crippen molar-refractivity contribution in [3.63, 3.8) is 0 Å². The minimum atomic E-state index is -3.30. The van der Waals surface area contributed by atoms with Crippen molar-refractivity contribution in [2.45, 2.75) is 68.1 Å². The second kappa shape index (κ2) is 11.3. The maximum atomic E-state index is 15.0. The van der Waals surface area contributed by atoms with Crippen molar-refractivity contribution < 1.29 is 17.6 Å². The molecular formula is C28H37FN4O3S. The van der Waals surface area contributed by atoms with Crippen LogP contribution < -0.4 is 10.6 Å². The molecule has 2 atom stereocenters. The van der Waals surface area contributed by atoms with E-state index in [9.17, 15) is 17.6 Å². The van der Waals surface area contributed by atoms with Crippen LogP contribution in [0, 0.1) is 5.82 Å². The van der Waals surface area contributed by atoms with Gasteiger partial charge in [-0.2, -0.15) is 4.31 Å². The molecule has 0 spiro atoms. The van der Waals surface area contributed by atoms with Gasteiger partial charge in [0, 0.05) is 56.7 Å². The second-order valence-corrected chi connectivity index (χ2v) is 13.0. The third-order valence-corrected chi connectivity index (χ3v) is 10.6. The van der Waals surface area contributed by atoms with Gasteiger partial charge in [0.2, 0.25) is 10.0 Å². The Morgan fingerprint density at radius 2 is 1.95 bits per heavy atom. The standard InChI is InChI=1S/C28H37FN4O3S/c29-27-19-32-17-21(15-24(34)16-28(11-4-12-31-20-28)22-5-2-1-3-6-22)26(27)10-7-23-18-30-13-14-33(23)37(35,36)25-8-9-25/h1-3,5-6,17,19,23,25,30-31H,4,7-16,18,20H2/t23-,28?/m0/s1. The predicted molar refractivity (Wildman–Crippen MR) is 141 cm³/mol. The van der Waals surface area contributed by atoms with Gasteiger partial charge in [0.25, 0.3) is 0 Å². The Labute approximate surface area is 219 Å².